The molecule has 0 saturated carbocycles. The van der Waals surface area contributed by atoms with Crippen LogP contribution in [0.1, 0.15) is 41.0 Å². The fraction of sp³-hybridized carbons (Fsp3) is 0.400. The SMILES string of the molecule is Cc1ccc(-c2cccc(C(=O)N3CCCC[C@H]3CO)c2)c(C)n1. The number of aryl methyl sites for hydroxylation is 2. The molecule has 24 heavy (non-hydrogen) atoms. The van der Waals surface area contributed by atoms with Crippen molar-refractivity contribution >= 4 is 5.91 Å². The number of aromatic nitrogens is 1. The van der Waals surface area contributed by atoms with Crippen LogP contribution in [0.5, 0.6) is 0 Å². The van der Waals surface area contributed by atoms with Crippen LogP contribution < -0.4 is 0 Å². The summed E-state index contributed by atoms with van der Waals surface area (Å²) in [6.07, 6.45) is 2.95. The van der Waals surface area contributed by atoms with E-state index in [1.807, 2.05) is 49.1 Å². The van der Waals surface area contributed by atoms with Crippen molar-refractivity contribution in [2.45, 2.75) is 39.2 Å². The lowest BCUT2D eigenvalue weighted by atomic mass is 9.98. The third kappa shape index (κ3) is 3.34. The van der Waals surface area contributed by atoms with Gasteiger partial charge in [-0.15, -0.1) is 0 Å². The number of likely N-dealkylation sites (tertiary alicyclic amines) is 1. The Hall–Kier alpha value is -2.20. The number of aliphatic hydroxyl groups excluding tert-OH is 1. The van der Waals surface area contributed by atoms with Gasteiger partial charge in [-0.1, -0.05) is 18.2 Å². The molecule has 0 radical (unpaired) electrons. The average Bonchev–Trinajstić information content (AvgIpc) is 2.61. The van der Waals surface area contributed by atoms with Crippen molar-refractivity contribution in [2.75, 3.05) is 13.2 Å². The van der Waals surface area contributed by atoms with Crippen LogP contribution in [-0.4, -0.2) is 40.1 Å². The van der Waals surface area contributed by atoms with Crippen LogP contribution in [0, 0.1) is 13.8 Å². The minimum Gasteiger partial charge on any atom is -0.394 e. The summed E-state index contributed by atoms with van der Waals surface area (Å²) in [5.74, 6) is 0.00771. The van der Waals surface area contributed by atoms with E-state index >= 15 is 0 Å². The van der Waals surface area contributed by atoms with Crippen molar-refractivity contribution in [2.24, 2.45) is 0 Å². The third-order valence-corrected chi connectivity index (χ3v) is 4.74. The molecule has 0 aliphatic carbocycles. The topological polar surface area (TPSA) is 53.4 Å². The molecule has 1 atom stereocenters. The average molecular weight is 324 g/mol. The zero-order chi connectivity index (χ0) is 17.1. The van der Waals surface area contributed by atoms with Gasteiger partial charge < -0.3 is 10.0 Å². The molecule has 1 fully saturated rings. The lowest BCUT2D eigenvalue weighted by molar-refractivity contribution is 0.0503. The highest BCUT2D eigenvalue weighted by Crippen LogP contribution is 2.25. The first kappa shape index (κ1) is 16.7. The van der Waals surface area contributed by atoms with E-state index in [0.717, 1.165) is 48.3 Å². The fourth-order valence-electron chi connectivity index (χ4n) is 3.43. The molecule has 1 aromatic heterocycles. The Labute approximate surface area is 143 Å². The van der Waals surface area contributed by atoms with Crippen LogP contribution in [0.3, 0.4) is 0 Å². The Balaban J connectivity index is 1.91. The molecule has 4 nitrogen and oxygen atoms in total. The lowest BCUT2D eigenvalue weighted by Crippen LogP contribution is -2.45. The highest BCUT2D eigenvalue weighted by Gasteiger charge is 2.27. The normalized spacial score (nSPS) is 17.8. The van der Waals surface area contributed by atoms with Crippen LogP contribution >= 0.6 is 0 Å². The molecule has 2 aromatic rings. The molecule has 2 heterocycles. The molecule has 4 heteroatoms. The predicted molar refractivity (Wildman–Crippen MR) is 94.9 cm³/mol. The maximum Gasteiger partial charge on any atom is 0.254 e. The molecule has 0 spiro atoms. The van der Waals surface area contributed by atoms with Crippen LogP contribution in [0.2, 0.25) is 0 Å². The standard InChI is InChI=1S/C20H24N2O2/c1-14-9-10-19(15(2)21-14)16-6-5-7-17(12-16)20(24)22-11-4-3-8-18(22)13-23/h5-7,9-10,12,18,23H,3-4,8,11,13H2,1-2H3/t18-/m0/s1. The van der Waals surface area contributed by atoms with E-state index in [-0.39, 0.29) is 18.6 Å². The summed E-state index contributed by atoms with van der Waals surface area (Å²) in [5.41, 5.74) is 4.68. The first-order valence-corrected chi connectivity index (χ1v) is 8.56. The first-order valence-electron chi connectivity index (χ1n) is 8.56. The Morgan fingerprint density at radius 1 is 1.25 bits per heavy atom. The maximum absolute atomic E-state index is 12.9. The zero-order valence-corrected chi connectivity index (χ0v) is 14.3. The summed E-state index contributed by atoms with van der Waals surface area (Å²) >= 11 is 0. The summed E-state index contributed by atoms with van der Waals surface area (Å²) < 4.78 is 0. The van der Waals surface area contributed by atoms with Gasteiger partial charge in [0.2, 0.25) is 0 Å². The van der Waals surface area contributed by atoms with Gasteiger partial charge in [-0.05, 0) is 56.9 Å². The van der Waals surface area contributed by atoms with E-state index in [1.54, 1.807) is 0 Å². The largest absolute Gasteiger partial charge is 0.394 e. The Morgan fingerprint density at radius 2 is 2.08 bits per heavy atom. The summed E-state index contributed by atoms with van der Waals surface area (Å²) in [5, 5.41) is 9.55. The van der Waals surface area contributed by atoms with E-state index in [4.69, 9.17) is 0 Å². The summed E-state index contributed by atoms with van der Waals surface area (Å²) in [4.78, 5) is 19.2. The zero-order valence-electron chi connectivity index (χ0n) is 14.3. The van der Waals surface area contributed by atoms with Crippen LogP contribution in [0.4, 0.5) is 0 Å². The van der Waals surface area contributed by atoms with Gasteiger partial charge in [0.05, 0.1) is 12.6 Å². The number of carbonyl (C=O) groups is 1. The molecule has 1 amide bonds. The third-order valence-electron chi connectivity index (χ3n) is 4.74. The van der Waals surface area contributed by atoms with E-state index in [9.17, 15) is 9.90 Å². The molecule has 0 bridgehead atoms. The van der Waals surface area contributed by atoms with Crippen molar-refractivity contribution < 1.29 is 9.90 Å². The van der Waals surface area contributed by atoms with Gasteiger partial charge in [0.25, 0.3) is 5.91 Å². The van der Waals surface area contributed by atoms with Crippen LogP contribution in [-0.2, 0) is 0 Å². The van der Waals surface area contributed by atoms with Gasteiger partial charge in [-0.3, -0.25) is 9.78 Å². The Bertz CT molecular complexity index is 742. The molecule has 126 valence electrons. The highest BCUT2D eigenvalue weighted by atomic mass is 16.3. The second-order valence-corrected chi connectivity index (χ2v) is 6.50. The number of rotatable bonds is 3. The summed E-state index contributed by atoms with van der Waals surface area (Å²) in [7, 11) is 0. The van der Waals surface area contributed by atoms with Gasteiger partial charge in [-0.25, -0.2) is 0 Å². The van der Waals surface area contributed by atoms with Gasteiger partial charge in [0, 0.05) is 29.1 Å². The predicted octanol–water partition coefficient (Wildman–Crippen LogP) is 3.35. The molecule has 3 rings (SSSR count). The summed E-state index contributed by atoms with van der Waals surface area (Å²) in [6.45, 7) is 4.72. The van der Waals surface area contributed by atoms with Crippen molar-refractivity contribution in [1.82, 2.24) is 9.88 Å². The van der Waals surface area contributed by atoms with Crippen LogP contribution in [0.25, 0.3) is 11.1 Å². The number of pyridine rings is 1. The first-order chi connectivity index (χ1) is 11.6. The lowest BCUT2D eigenvalue weighted by Gasteiger charge is -2.34. The number of hydrogen-bond acceptors (Lipinski definition) is 3. The second-order valence-electron chi connectivity index (χ2n) is 6.50. The van der Waals surface area contributed by atoms with Gasteiger partial charge in [0.15, 0.2) is 0 Å². The van der Waals surface area contributed by atoms with E-state index in [1.165, 1.54) is 0 Å². The minimum absolute atomic E-state index is 0.00771. The molecule has 1 aliphatic rings. The van der Waals surface area contributed by atoms with Gasteiger partial charge in [-0.2, -0.15) is 0 Å². The summed E-state index contributed by atoms with van der Waals surface area (Å²) in [6, 6.07) is 11.7. The van der Waals surface area contributed by atoms with Crippen molar-refractivity contribution in [1.29, 1.82) is 0 Å². The number of carbonyl (C=O) groups excluding carboxylic acids is 1. The molecule has 1 N–H and O–H groups in total. The number of aliphatic hydroxyl groups is 1. The smallest absolute Gasteiger partial charge is 0.254 e. The number of benzene rings is 1. The Kier molecular flexibility index (Phi) is 4.95. The highest BCUT2D eigenvalue weighted by molar-refractivity contribution is 5.95. The molecular formula is C20H24N2O2. The fourth-order valence-corrected chi connectivity index (χ4v) is 3.43. The maximum atomic E-state index is 12.9. The molecule has 1 saturated heterocycles. The van der Waals surface area contributed by atoms with E-state index < -0.39 is 0 Å². The van der Waals surface area contributed by atoms with Crippen molar-refractivity contribution in [3.8, 4) is 11.1 Å². The van der Waals surface area contributed by atoms with E-state index in [0.29, 0.717) is 5.56 Å². The number of hydrogen-bond donors (Lipinski definition) is 1. The van der Waals surface area contributed by atoms with Crippen molar-refractivity contribution in [3.05, 3.63) is 53.3 Å². The second kappa shape index (κ2) is 7.14. The van der Waals surface area contributed by atoms with Crippen molar-refractivity contribution in [3.63, 3.8) is 0 Å². The monoisotopic (exact) mass is 324 g/mol. The van der Waals surface area contributed by atoms with Gasteiger partial charge >= 0.3 is 0 Å². The molecule has 0 unspecified atom stereocenters. The Morgan fingerprint density at radius 3 is 2.83 bits per heavy atom. The van der Waals surface area contributed by atoms with Gasteiger partial charge in [0.1, 0.15) is 0 Å². The number of nitrogens with zero attached hydrogens (tertiary/aromatic N) is 2. The molecule has 1 aliphatic heterocycles. The molecular weight excluding hydrogens is 300 g/mol. The minimum atomic E-state index is -0.0577. The number of amides is 1. The quantitative estimate of drug-likeness (QED) is 0.942. The number of piperidine rings is 1. The van der Waals surface area contributed by atoms with E-state index in [2.05, 4.69) is 11.1 Å². The molecule has 1 aromatic carbocycles. The van der Waals surface area contributed by atoms with Crippen LogP contribution in [0.15, 0.2) is 36.4 Å².